The first-order chi connectivity index (χ1) is 44.2. The Hall–Kier alpha value is -10.7. The van der Waals surface area contributed by atoms with E-state index < -0.39 is 21.6 Å². The molecule has 0 aromatic heterocycles. The van der Waals surface area contributed by atoms with E-state index in [1.54, 1.807) is 0 Å². The number of rotatable bonds is 9. The molecule has 1 aliphatic carbocycles. The maximum absolute atomic E-state index is 2.84. The Bertz CT molecular complexity index is 4930. The zero-order valence-corrected chi connectivity index (χ0v) is 51.0. The molecule has 15 aromatic rings. The van der Waals surface area contributed by atoms with Crippen molar-refractivity contribution in [3.8, 4) is 66.8 Å². The largest absolute Gasteiger partial charge is 0.180 e. The van der Waals surface area contributed by atoms with Crippen LogP contribution in [-0.4, -0.2) is 16.1 Å². The monoisotopic (exact) mass is 1160 g/mol. The van der Waals surface area contributed by atoms with Crippen LogP contribution in [0.5, 0.6) is 0 Å². The van der Waals surface area contributed by atoms with Gasteiger partial charge in [-0.25, -0.2) is 0 Å². The molecule has 0 spiro atoms. The number of benzene rings is 15. The molecule has 0 amide bonds. The average molecular weight is 1160 g/mol. The molecule has 0 atom stereocenters. The predicted molar refractivity (Wildman–Crippen MR) is 380 cm³/mol. The van der Waals surface area contributed by atoms with E-state index >= 15 is 0 Å². The van der Waals surface area contributed by atoms with E-state index in [2.05, 4.69) is 352 Å². The van der Waals surface area contributed by atoms with E-state index in [0.717, 1.165) is 0 Å². The third-order valence-corrected chi connectivity index (χ3v) is 30.1. The van der Waals surface area contributed by atoms with E-state index in [4.69, 9.17) is 0 Å². The van der Waals surface area contributed by atoms with Crippen molar-refractivity contribution in [2.75, 3.05) is 0 Å². The molecule has 89 heavy (non-hydrogen) atoms. The minimum atomic E-state index is -2.84. The van der Waals surface area contributed by atoms with Gasteiger partial charge in [0.05, 0.1) is 5.41 Å². The van der Waals surface area contributed by atoms with E-state index in [0.29, 0.717) is 0 Å². The van der Waals surface area contributed by atoms with Crippen molar-refractivity contribution < 1.29 is 0 Å². The van der Waals surface area contributed by atoms with Crippen LogP contribution in [0, 0.1) is 0 Å². The lowest BCUT2D eigenvalue weighted by Gasteiger charge is -2.35. The SMILES string of the molecule is c1ccc(C2(c3ccccc3)c3ccccc3-c3cccc(-c4c5cccc(-c6cccc7c6-c6ccccc6[Si]7(c6ccccc6)c6ccccc6)c5cc5c(-c6cccc7c6-c6ccccc6[Si]7(c6ccccc6)c6ccccc6)cccc45)c32)cc1. The van der Waals surface area contributed by atoms with Crippen molar-refractivity contribution in [2.24, 2.45) is 0 Å². The average Bonchev–Trinajstić information content (AvgIpc) is 1.60. The summed E-state index contributed by atoms with van der Waals surface area (Å²) in [6.07, 6.45) is 0. The number of fused-ring (bicyclic) bond motifs is 11. The fourth-order valence-corrected chi connectivity index (χ4v) is 27.5. The smallest absolute Gasteiger partial charge is 0.0623 e. The molecule has 0 fully saturated rings. The molecule has 3 aliphatic rings. The maximum Gasteiger partial charge on any atom is 0.180 e. The van der Waals surface area contributed by atoms with Crippen LogP contribution in [0.25, 0.3) is 88.3 Å². The van der Waals surface area contributed by atoms with Gasteiger partial charge in [0.2, 0.25) is 0 Å². The highest BCUT2D eigenvalue weighted by Gasteiger charge is 2.52. The molecule has 0 saturated heterocycles. The lowest BCUT2D eigenvalue weighted by atomic mass is 9.65. The van der Waals surface area contributed by atoms with Crippen molar-refractivity contribution in [1.29, 1.82) is 0 Å². The van der Waals surface area contributed by atoms with E-state index in [9.17, 15) is 0 Å². The van der Waals surface area contributed by atoms with Crippen LogP contribution in [0.2, 0.25) is 0 Å². The van der Waals surface area contributed by atoms with Gasteiger partial charge in [-0.2, -0.15) is 0 Å². The molecule has 2 heteroatoms. The third-order valence-electron chi connectivity index (χ3n) is 20.3. The summed E-state index contributed by atoms with van der Waals surface area (Å²) in [6, 6.07) is 135. The molecular formula is C87H58Si2. The highest BCUT2D eigenvalue weighted by Crippen LogP contribution is 2.60. The first kappa shape index (κ1) is 51.5. The molecular weight excluding hydrogens is 1100 g/mol. The molecule has 0 N–H and O–H groups in total. The molecule has 18 rings (SSSR count). The quantitative estimate of drug-likeness (QED) is 0.0998. The van der Waals surface area contributed by atoms with Crippen molar-refractivity contribution >= 4 is 79.2 Å². The lowest BCUT2D eigenvalue weighted by Crippen LogP contribution is -2.72. The standard InChI is InChI=1S/C87H58Si2/c1-7-30-59(31-8-1)87(60-32-9-2-10-33-60)78-53-22-19-42-67(78)72-51-27-52-75(86(72)87)83-70-47-25-45-65(68-49-28-56-81-84(68)73-43-20-23-54-79(73)88(81,61-34-11-3-12-35-61)62-36-13-4-14-37-62)76(70)58-77-66(46-26-48-71(77)83)69-50-29-57-82-85(69)74-44-21-24-55-80(74)89(82,63-38-15-5-16-39-63)64-40-17-6-18-41-64/h1-58H. The Balaban J connectivity index is 0.990. The van der Waals surface area contributed by atoms with E-state index in [-0.39, 0.29) is 0 Å². The Morgan fingerprint density at radius 1 is 0.191 bits per heavy atom. The van der Waals surface area contributed by atoms with Crippen LogP contribution < -0.4 is 41.5 Å². The van der Waals surface area contributed by atoms with Gasteiger partial charge in [-0.3, -0.25) is 0 Å². The fraction of sp³-hybridized carbons (Fsp3) is 0.0115. The van der Waals surface area contributed by atoms with Crippen LogP contribution in [0.1, 0.15) is 22.3 Å². The Labute approximate surface area is 522 Å². The van der Waals surface area contributed by atoms with Crippen LogP contribution in [0.15, 0.2) is 352 Å². The van der Waals surface area contributed by atoms with Gasteiger partial charge in [-0.1, -0.05) is 346 Å². The number of hydrogen-bond acceptors (Lipinski definition) is 0. The van der Waals surface area contributed by atoms with Crippen molar-refractivity contribution in [2.45, 2.75) is 5.41 Å². The summed E-state index contributed by atoms with van der Waals surface area (Å²) >= 11 is 0. The second kappa shape index (κ2) is 20.2. The molecule has 15 aromatic carbocycles. The fourth-order valence-electron chi connectivity index (χ4n) is 17.1. The van der Waals surface area contributed by atoms with Crippen LogP contribution >= 0.6 is 0 Å². The molecule has 2 aliphatic heterocycles. The van der Waals surface area contributed by atoms with Gasteiger partial charge in [0.25, 0.3) is 0 Å². The summed E-state index contributed by atoms with van der Waals surface area (Å²) < 4.78 is 0. The minimum absolute atomic E-state index is 0.644. The van der Waals surface area contributed by atoms with Crippen molar-refractivity contribution in [3.63, 3.8) is 0 Å². The van der Waals surface area contributed by atoms with E-state index in [1.807, 2.05) is 0 Å². The molecule has 0 unspecified atom stereocenters. The topological polar surface area (TPSA) is 0 Å². The summed E-state index contributed by atoms with van der Waals surface area (Å²) in [4.78, 5) is 0. The molecule has 0 radical (unpaired) electrons. The molecule has 414 valence electrons. The third kappa shape index (κ3) is 7.10. The predicted octanol–water partition coefficient (Wildman–Crippen LogP) is 16.1. The summed E-state index contributed by atoms with van der Waals surface area (Å²) in [7, 11) is -5.68. The van der Waals surface area contributed by atoms with Gasteiger partial charge in [-0.05, 0) is 158 Å². The second-order valence-electron chi connectivity index (χ2n) is 24.3. The van der Waals surface area contributed by atoms with Gasteiger partial charge in [0, 0.05) is 0 Å². The Kier molecular flexibility index (Phi) is 11.7. The van der Waals surface area contributed by atoms with Gasteiger partial charge < -0.3 is 0 Å². The Morgan fingerprint density at radius 3 is 0.955 bits per heavy atom. The molecule has 0 bridgehead atoms. The lowest BCUT2D eigenvalue weighted by molar-refractivity contribution is 0.770. The normalized spacial score (nSPS) is 14.1. The van der Waals surface area contributed by atoms with Gasteiger partial charge in [0.15, 0.2) is 16.1 Å². The zero-order valence-electron chi connectivity index (χ0n) is 49.0. The summed E-state index contributed by atoms with van der Waals surface area (Å²) in [5, 5.41) is 16.3. The van der Waals surface area contributed by atoms with Crippen molar-refractivity contribution in [1.82, 2.24) is 0 Å². The first-order valence-electron chi connectivity index (χ1n) is 31.2. The highest BCUT2D eigenvalue weighted by atomic mass is 28.3. The van der Waals surface area contributed by atoms with E-state index in [1.165, 1.54) is 152 Å². The number of hydrogen-bond donors (Lipinski definition) is 0. The second-order valence-corrected chi connectivity index (χ2v) is 31.8. The van der Waals surface area contributed by atoms with Crippen LogP contribution in [-0.2, 0) is 5.41 Å². The molecule has 2 heterocycles. The Morgan fingerprint density at radius 2 is 0.506 bits per heavy atom. The highest BCUT2D eigenvalue weighted by molar-refractivity contribution is 7.23. The van der Waals surface area contributed by atoms with Crippen LogP contribution in [0.4, 0.5) is 0 Å². The molecule has 0 nitrogen and oxygen atoms in total. The maximum atomic E-state index is 2.59. The zero-order chi connectivity index (χ0) is 58.7. The van der Waals surface area contributed by atoms with Gasteiger partial charge >= 0.3 is 0 Å². The summed E-state index contributed by atoms with van der Waals surface area (Å²) in [6.45, 7) is 0. The van der Waals surface area contributed by atoms with Gasteiger partial charge in [-0.15, -0.1) is 0 Å². The van der Waals surface area contributed by atoms with Gasteiger partial charge in [0.1, 0.15) is 0 Å². The minimum Gasteiger partial charge on any atom is -0.0623 e. The summed E-state index contributed by atoms with van der Waals surface area (Å²) in [5.74, 6) is 0. The summed E-state index contributed by atoms with van der Waals surface area (Å²) in [5.41, 5.74) is 19.8. The van der Waals surface area contributed by atoms with Crippen molar-refractivity contribution in [3.05, 3.63) is 374 Å². The molecule has 0 saturated carbocycles. The first-order valence-corrected chi connectivity index (χ1v) is 35.2. The van der Waals surface area contributed by atoms with Crippen LogP contribution in [0.3, 0.4) is 0 Å².